The number of benzene rings is 1. The van der Waals surface area contributed by atoms with E-state index < -0.39 is 0 Å². The van der Waals surface area contributed by atoms with Gasteiger partial charge >= 0.3 is 0 Å². The molecule has 0 atom stereocenters. The topological polar surface area (TPSA) is 27.6 Å². The molecule has 0 saturated carbocycles. The molecule has 1 N–H and O–H groups in total. The molecule has 0 spiro atoms. The molecule has 0 amide bonds. The molecule has 2 heterocycles. The average molecular weight is 233 g/mol. The third-order valence-electron chi connectivity index (χ3n) is 2.85. The molecule has 0 bridgehead atoms. The number of aliphatic imine (C=N–C) groups is 1. The van der Waals surface area contributed by atoms with Gasteiger partial charge in [0.2, 0.25) is 0 Å². The van der Waals surface area contributed by atoms with Gasteiger partial charge in [0, 0.05) is 30.2 Å². The van der Waals surface area contributed by atoms with Crippen LogP contribution in [0.3, 0.4) is 0 Å². The summed E-state index contributed by atoms with van der Waals surface area (Å²) in [7, 11) is 0. The molecule has 0 aromatic heterocycles. The first-order chi connectivity index (χ1) is 7.88. The van der Waals surface area contributed by atoms with Crippen LogP contribution in [-0.4, -0.2) is 24.8 Å². The lowest BCUT2D eigenvalue weighted by atomic mass is 10.2. The minimum absolute atomic E-state index is 0.966. The van der Waals surface area contributed by atoms with Crippen molar-refractivity contribution in [2.75, 3.05) is 29.9 Å². The number of hydrogen-bond acceptors (Lipinski definition) is 4. The summed E-state index contributed by atoms with van der Waals surface area (Å²) in [4.78, 5) is 8.23. The summed E-state index contributed by atoms with van der Waals surface area (Å²) in [5, 5.41) is 4.52. The minimum atomic E-state index is 0.966. The molecule has 2 aliphatic heterocycles. The zero-order chi connectivity index (χ0) is 11.0. The van der Waals surface area contributed by atoms with E-state index in [1.165, 1.54) is 27.9 Å². The molecular weight excluding hydrogens is 218 g/mol. The van der Waals surface area contributed by atoms with Gasteiger partial charge in [-0.1, -0.05) is 0 Å². The molecule has 1 aromatic carbocycles. The van der Waals surface area contributed by atoms with Gasteiger partial charge in [-0.25, -0.2) is 0 Å². The van der Waals surface area contributed by atoms with Crippen molar-refractivity contribution < 1.29 is 0 Å². The van der Waals surface area contributed by atoms with E-state index in [0.29, 0.717) is 0 Å². The summed E-state index contributed by atoms with van der Waals surface area (Å²) in [5.74, 6) is 0. The fraction of sp³-hybridized carbons (Fsp3) is 0.417. The molecule has 84 valence electrons. The predicted octanol–water partition coefficient (Wildman–Crippen LogP) is 2.79. The highest BCUT2D eigenvalue weighted by Gasteiger charge is 2.27. The van der Waals surface area contributed by atoms with Crippen LogP contribution in [0.4, 0.5) is 11.4 Å². The van der Waals surface area contributed by atoms with Crippen molar-refractivity contribution in [1.82, 2.24) is 0 Å². The van der Waals surface area contributed by atoms with Crippen molar-refractivity contribution in [2.24, 2.45) is 4.99 Å². The fourth-order valence-corrected chi connectivity index (χ4v) is 3.25. The van der Waals surface area contributed by atoms with Crippen molar-refractivity contribution in [1.29, 1.82) is 0 Å². The first kappa shape index (κ1) is 10.0. The van der Waals surface area contributed by atoms with Crippen LogP contribution < -0.4 is 10.2 Å². The maximum absolute atomic E-state index is 4.57. The van der Waals surface area contributed by atoms with Gasteiger partial charge in [-0.15, -0.1) is 0 Å². The molecule has 3 nitrogen and oxygen atoms in total. The van der Waals surface area contributed by atoms with Gasteiger partial charge in [0.25, 0.3) is 0 Å². The first-order valence-electron chi connectivity index (χ1n) is 5.76. The van der Waals surface area contributed by atoms with Gasteiger partial charge in [0.05, 0.1) is 5.69 Å². The maximum atomic E-state index is 4.57. The van der Waals surface area contributed by atoms with E-state index >= 15 is 0 Å². The van der Waals surface area contributed by atoms with Crippen LogP contribution in [0.15, 0.2) is 28.1 Å². The Kier molecular flexibility index (Phi) is 2.52. The van der Waals surface area contributed by atoms with E-state index in [1.54, 1.807) is 11.8 Å². The van der Waals surface area contributed by atoms with Crippen molar-refractivity contribution in [3.05, 3.63) is 18.2 Å². The zero-order valence-corrected chi connectivity index (χ0v) is 10.2. The highest BCUT2D eigenvalue weighted by atomic mass is 32.2. The lowest BCUT2D eigenvalue weighted by Gasteiger charge is -2.22. The highest BCUT2D eigenvalue weighted by Crippen LogP contribution is 2.42. The van der Waals surface area contributed by atoms with Gasteiger partial charge in [0.1, 0.15) is 0 Å². The zero-order valence-electron chi connectivity index (χ0n) is 9.36. The Balaban J connectivity index is 1.96. The normalized spacial score (nSPS) is 17.8. The lowest BCUT2D eigenvalue weighted by Crippen LogP contribution is -2.30. The lowest BCUT2D eigenvalue weighted by molar-refractivity contribution is 0.798. The third kappa shape index (κ3) is 1.57. The summed E-state index contributed by atoms with van der Waals surface area (Å²) < 4.78 is 0. The highest BCUT2D eigenvalue weighted by molar-refractivity contribution is 8.14. The second kappa shape index (κ2) is 4.01. The Morgan fingerprint density at radius 1 is 1.50 bits per heavy atom. The molecule has 16 heavy (non-hydrogen) atoms. The summed E-state index contributed by atoms with van der Waals surface area (Å²) >= 11 is 1.80. The van der Waals surface area contributed by atoms with Crippen molar-refractivity contribution >= 4 is 28.3 Å². The van der Waals surface area contributed by atoms with Crippen LogP contribution in [0.5, 0.6) is 0 Å². The summed E-state index contributed by atoms with van der Waals surface area (Å²) in [6.07, 6.45) is 1.17. The summed E-state index contributed by atoms with van der Waals surface area (Å²) in [5.41, 5.74) is 2.53. The Bertz CT molecular complexity index is 442. The van der Waals surface area contributed by atoms with Gasteiger partial charge in [-0.2, -0.15) is 0 Å². The number of nitrogens with zero attached hydrogens (tertiary/aromatic N) is 2. The number of fused-ring (bicyclic) bond motifs is 3. The third-order valence-corrected chi connectivity index (χ3v) is 3.93. The van der Waals surface area contributed by atoms with E-state index in [-0.39, 0.29) is 0 Å². The fourth-order valence-electron chi connectivity index (χ4n) is 2.13. The Morgan fingerprint density at radius 2 is 2.44 bits per heavy atom. The van der Waals surface area contributed by atoms with E-state index in [2.05, 4.69) is 40.3 Å². The molecule has 3 rings (SSSR count). The summed E-state index contributed by atoms with van der Waals surface area (Å²) in [6, 6.07) is 6.58. The molecule has 0 fully saturated rings. The van der Waals surface area contributed by atoms with Crippen LogP contribution in [-0.2, 0) is 0 Å². The summed E-state index contributed by atoms with van der Waals surface area (Å²) in [6.45, 7) is 5.17. The van der Waals surface area contributed by atoms with Crippen LogP contribution >= 0.6 is 11.8 Å². The van der Waals surface area contributed by atoms with Gasteiger partial charge in [0.15, 0.2) is 5.17 Å². The van der Waals surface area contributed by atoms with Gasteiger partial charge < -0.3 is 10.2 Å². The van der Waals surface area contributed by atoms with Gasteiger partial charge in [-0.05, 0) is 43.3 Å². The number of hydrogen-bond donors (Lipinski definition) is 1. The van der Waals surface area contributed by atoms with Crippen LogP contribution in [0.1, 0.15) is 13.3 Å². The van der Waals surface area contributed by atoms with Crippen LogP contribution in [0, 0.1) is 0 Å². The van der Waals surface area contributed by atoms with Crippen LogP contribution in [0.25, 0.3) is 0 Å². The predicted molar refractivity (Wildman–Crippen MR) is 70.7 cm³/mol. The maximum Gasteiger partial charge on any atom is 0.168 e. The standard InChI is InChI=1S/C12H15N3S/c1-2-13-9-4-5-10-11(8-9)16-12-14-6-3-7-15(10)12/h4-5,8,13H,2-3,6-7H2,1H3. The van der Waals surface area contributed by atoms with E-state index in [9.17, 15) is 0 Å². The first-order valence-corrected chi connectivity index (χ1v) is 6.58. The molecular formula is C12H15N3S. The van der Waals surface area contributed by atoms with Crippen molar-refractivity contribution in [3.8, 4) is 0 Å². The number of nitrogens with one attached hydrogen (secondary N) is 1. The monoisotopic (exact) mass is 233 g/mol. The Labute approximate surface area is 99.9 Å². The number of anilines is 2. The number of thioether (sulfide) groups is 1. The number of rotatable bonds is 2. The molecule has 0 saturated heterocycles. The Morgan fingerprint density at radius 3 is 3.31 bits per heavy atom. The molecule has 0 aliphatic carbocycles. The average Bonchev–Trinajstić information content (AvgIpc) is 2.67. The molecule has 4 heteroatoms. The second-order valence-corrected chi connectivity index (χ2v) is 4.99. The smallest absolute Gasteiger partial charge is 0.168 e. The quantitative estimate of drug-likeness (QED) is 0.851. The molecule has 1 aromatic rings. The largest absolute Gasteiger partial charge is 0.385 e. The van der Waals surface area contributed by atoms with Gasteiger partial charge in [-0.3, -0.25) is 4.99 Å². The number of amidine groups is 1. The SMILES string of the molecule is CCNc1ccc2c(c1)SC1=NCCCN12. The van der Waals surface area contributed by atoms with E-state index in [4.69, 9.17) is 0 Å². The molecule has 0 radical (unpaired) electrons. The van der Waals surface area contributed by atoms with E-state index in [0.717, 1.165) is 19.6 Å². The molecule has 2 aliphatic rings. The van der Waals surface area contributed by atoms with Crippen LogP contribution in [0.2, 0.25) is 0 Å². The minimum Gasteiger partial charge on any atom is -0.385 e. The second-order valence-electron chi connectivity index (χ2n) is 3.98. The van der Waals surface area contributed by atoms with Crippen molar-refractivity contribution in [2.45, 2.75) is 18.2 Å². The van der Waals surface area contributed by atoms with E-state index in [1.807, 2.05) is 0 Å². The van der Waals surface area contributed by atoms with Crippen molar-refractivity contribution in [3.63, 3.8) is 0 Å². The Hall–Kier alpha value is -1.16. The molecule has 0 unspecified atom stereocenters.